The Morgan fingerprint density at radius 1 is 1.07 bits per heavy atom. The highest BCUT2D eigenvalue weighted by atomic mass is 16.3. The summed E-state index contributed by atoms with van der Waals surface area (Å²) < 4.78 is 0. The number of aromatic hydroxyl groups is 1. The zero-order valence-corrected chi connectivity index (χ0v) is 8.86. The number of hydrogen-bond donors (Lipinski definition) is 2. The van der Waals surface area contributed by atoms with Crippen LogP contribution in [0.5, 0.6) is 5.75 Å². The molecule has 0 aliphatic heterocycles. The lowest BCUT2D eigenvalue weighted by Gasteiger charge is -2.22. The van der Waals surface area contributed by atoms with Crippen LogP contribution in [0.15, 0.2) is 36.1 Å². The second kappa shape index (κ2) is 3.16. The summed E-state index contributed by atoms with van der Waals surface area (Å²) in [6, 6.07) is 5.26. The highest BCUT2D eigenvalue weighted by Gasteiger charge is 2.23. The maximum Gasteiger partial charge on any atom is 0.115 e. The summed E-state index contributed by atoms with van der Waals surface area (Å²) in [7, 11) is 0. The molecule has 2 heteroatoms. The van der Waals surface area contributed by atoms with Crippen LogP contribution in [0.25, 0.3) is 6.08 Å². The zero-order chi connectivity index (χ0) is 11.1. The van der Waals surface area contributed by atoms with Crippen LogP contribution in [-0.4, -0.2) is 10.2 Å². The quantitative estimate of drug-likeness (QED) is 0.678. The number of phenols is 1. The Kier molecular flexibility index (Phi) is 2.07. The van der Waals surface area contributed by atoms with E-state index >= 15 is 0 Å². The fraction of sp³-hybridized carbons (Fsp3) is 0.231. The number of rotatable bonds is 0. The van der Waals surface area contributed by atoms with Gasteiger partial charge in [-0.3, -0.25) is 0 Å². The molecule has 15 heavy (non-hydrogen) atoms. The van der Waals surface area contributed by atoms with E-state index in [9.17, 15) is 10.2 Å². The monoisotopic (exact) mass is 202 g/mol. The molecular weight excluding hydrogens is 188 g/mol. The molecule has 0 heterocycles. The van der Waals surface area contributed by atoms with Crippen molar-refractivity contribution >= 4 is 6.08 Å². The van der Waals surface area contributed by atoms with E-state index in [0.29, 0.717) is 0 Å². The van der Waals surface area contributed by atoms with Crippen LogP contribution in [0, 0.1) is 0 Å². The second-order valence-electron chi connectivity index (χ2n) is 4.40. The van der Waals surface area contributed by atoms with Gasteiger partial charge in [-0.25, -0.2) is 0 Å². The van der Waals surface area contributed by atoms with Crippen molar-refractivity contribution in [1.82, 2.24) is 0 Å². The number of hydrogen-bond acceptors (Lipinski definition) is 2. The maximum absolute atomic E-state index is 9.58. The van der Waals surface area contributed by atoms with Gasteiger partial charge < -0.3 is 10.2 Å². The van der Waals surface area contributed by atoms with Crippen LogP contribution in [0.2, 0.25) is 0 Å². The molecule has 0 unspecified atom stereocenters. The van der Waals surface area contributed by atoms with Gasteiger partial charge in [0.1, 0.15) is 11.5 Å². The zero-order valence-electron chi connectivity index (χ0n) is 8.86. The number of allylic oxidation sites excluding steroid dienone is 2. The molecule has 0 aromatic heterocycles. The average molecular weight is 202 g/mol. The fourth-order valence-electron chi connectivity index (χ4n) is 1.92. The Hall–Kier alpha value is -1.70. The van der Waals surface area contributed by atoms with E-state index in [1.54, 1.807) is 24.3 Å². The topological polar surface area (TPSA) is 40.5 Å². The van der Waals surface area contributed by atoms with Crippen molar-refractivity contribution in [2.24, 2.45) is 0 Å². The van der Waals surface area contributed by atoms with E-state index in [-0.39, 0.29) is 16.9 Å². The first-order chi connectivity index (χ1) is 6.99. The molecule has 0 saturated carbocycles. The van der Waals surface area contributed by atoms with E-state index in [1.807, 2.05) is 26.0 Å². The molecule has 0 spiro atoms. The van der Waals surface area contributed by atoms with Crippen LogP contribution in [0.1, 0.15) is 25.0 Å². The van der Waals surface area contributed by atoms with E-state index in [4.69, 9.17) is 0 Å². The molecule has 1 aromatic rings. The summed E-state index contributed by atoms with van der Waals surface area (Å²) in [5, 5.41) is 19.0. The van der Waals surface area contributed by atoms with Gasteiger partial charge in [-0.15, -0.1) is 0 Å². The van der Waals surface area contributed by atoms with Crippen LogP contribution < -0.4 is 0 Å². The van der Waals surface area contributed by atoms with Gasteiger partial charge in [0, 0.05) is 5.41 Å². The minimum absolute atomic E-state index is 0.255. The second-order valence-corrected chi connectivity index (χ2v) is 4.40. The lowest BCUT2D eigenvalue weighted by Crippen LogP contribution is -2.15. The van der Waals surface area contributed by atoms with Crippen LogP contribution >= 0.6 is 0 Å². The highest BCUT2D eigenvalue weighted by molar-refractivity contribution is 5.62. The first-order valence-electron chi connectivity index (χ1n) is 4.92. The number of phenolic OH excluding ortho intramolecular Hbond substituents is 1. The maximum atomic E-state index is 9.58. The van der Waals surface area contributed by atoms with E-state index < -0.39 is 0 Å². The Balaban J connectivity index is 2.67. The molecule has 0 radical (unpaired) electrons. The Morgan fingerprint density at radius 2 is 1.80 bits per heavy atom. The van der Waals surface area contributed by atoms with E-state index in [0.717, 1.165) is 11.1 Å². The molecule has 1 aliphatic carbocycles. The molecule has 2 rings (SSSR count). The summed E-state index contributed by atoms with van der Waals surface area (Å²) in [4.78, 5) is 0. The predicted octanol–water partition coefficient (Wildman–Crippen LogP) is 3.14. The first kappa shape index (κ1) is 9.84. The summed E-state index contributed by atoms with van der Waals surface area (Å²) in [6.45, 7) is 4.02. The van der Waals surface area contributed by atoms with Crippen molar-refractivity contribution < 1.29 is 10.2 Å². The van der Waals surface area contributed by atoms with Gasteiger partial charge in [0.2, 0.25) is 0 Å². The third-order valence-electron chi connectivity index (χ3n) is 2.67. The Bertz CT molecular complexity index is 454. The van der Waals surface area contributed by atoms with Gasteiger partial charge in [0.05, 0.1) is 0 Å². The van der Waals surface area contributed by atoms with Gasteiger partial charge in [-0.05, 0) is 35.4 Å². The molecule has 1 aromatic carbocycles. The molecule has 0 saturated heterocycles. The van der Waals surface area contributed by atoms with Crippen molar-refractivity contribution in [3.8, 4) is 5.75 Å². The number of aliphatic hydroxyl groups is 1. The van der Waals surface area contributed by atoms with Gasteiger partial charge >= 0.3 is 0 Å². The largest absolute Gasteiger partial charge is 0.508 e. The molecule has 0 fully saturated rings. The minimum atomic E-state index is -0.276. The minimum Gasteiger partial charge on any atom is -0.508 e. The number of fused-ring (bicyclic) bond motifs is 1. The smallest absolute Gasteiger partial charge is 0.115 e. The first-order valence-corrected chi connectivity index (χ1v) is 4.92. The molecule has 1 aliphatic rings. The average Bonchev–Trinajstić information content (AvgIpc) is 2.24. The molecule has 78 valence electrons. The Morgan fingerprint density at radius 3 is 2.53 bits per heavy atom. The highest BCUT2D eigenvalue weighted by Crippen LogP contribution is 2.34. The molecule has 0 atom stereocenters. The van der Waals surface area contributed by atoms with Crippen molar-refractivity contribution in [2.75, 3.05) is 0 Å². The van der Waals surface area contributed by atoms with Gasteiger partial charge in [-0.2, -0.15) is 0 Å². The molecular formula is C13H14O2. The summed E-state index contributed by atoms with van der Waals surface area (Å²) >= 11 is 0. The Labute approximate surface area is 89.2 Å². The van der Waals surface area contributed by atoms with Crippen LogP contribution in [-0.2, 0) is 5.41 Å². The van der Waals surface area contributed by atoms with E-state index in [1.165, 1.54) is 0 Å². The number of aliphatic hydroxyl groups excluding tert-OH is 1. The predicted molar refractivity (Wildman–Crippen MR) is 60.9 cm³/mol. The summed E-state index contributed by atoms with van der Waals surface area (Å²) in [5.74, 6) is 0.515. The van der Waals surface area contributed by atoms with Crippen molar-refractivity contribution in [2.45, 2.75) is 19.3 Å². The molecule has 0 amide bonds. The molecule has 2 N–H and O–H groups in total. The third kappa shape index (κ3) is 1.75. The van der Waals surface area contributed by atoms with Gasteiger partial charge in [0.25, 0.3) is 0 Å². The third-order valence-corrected chi connectivity index (χ3v) is 2.67. The molecule has 2 nitrogen and oxygen atoms in total. The SMILES string of the molecule is CC1(C)C=C(O)C=Cc2ccc(O)cc21. The fourth-order valence-corrected chi connectivity index (χ4v) is 1.92. The van der Waals surface area contributed by atoms with Gasteiger partial charge in [0.15, 0.2) is 0 Å². The normalized spacial score (nSPS) is 17.9. The van der Waals surface area contributed by atoms with E-state index in [2.05, 4.69) is 0 Å². The molecule has 0 bridgehead atoms. The van der Waals surface area contributed by atoms with Crippen molar-refractivity contribution in [3.63, 3.8) is 0 Å². The summed E-state index contributed by atoms with van der Waals surface area (Å²) in [6.07, 6.45) is 5.31. The van der Waals surface area contributed by atoms with Crippen LogP contribution in [0.3, 0.4) is 0 Å². The van der Waals surface area contributed by atoms with Crippen molar-refractivity contribution in [3.05, 3.63) is 47.2 Å². The summed E-state index contributed by atoms with van der Waals surface area (Å²) in [5.41, 5.74) is 1.77. The standard InChI is InChI=1S/C13H14O2/c1-13(2)8-11(15)6-4-9-3-5-10(14)7-12(9)13/h3-8,14-15H,1-2H3. The van der Waals surface area contributed by atoms with Crippen molar-refractivity contribution in [1.29, 1.82) is 0 Å². The lowest BCUT2D eigenvalue weighted by molar-refractivity contribution is 0.422. The lowest BCUT2D eigenvalue weighted by atomic mass is 9.82. The number of benzene rings is 1. The van der Waals surface area contributed by atoms with Crippen LogP contribution in [0.4, 0.5) is 0 Å². The van der Waals surface area contributed by atoms with Gasteiger partial charge in [-0.1, -0.05) is 26.0 Å².